The van der Waals surface area contributed by atoms with Gasteiger partial charge in [0.15, 0.2) is 0 Å². The highest BCUT2D eigenvalue weighted by molar-refractivity contribution is 7.81. The summed E-state index contributed by atoms with van der Waals surface area (Å²) >= 11 is 4.37. The number of ether oxygens (including phenoxy) is 1. The molecule has 0 radical (unpaired) electrons. The fraction of sp³-hybridized carbons (Fsp3) is 0.471. The fourth-order valence-electron chi connectivity index (χ4n) is 2.54. The molecule has 136 valence electrons. The van der Waals surface area contributed by atoms with Gasteiger partial charge in [-0.25, -0.2) is 9.59 Å². The molecule has 1 aromatic carbocycles. The van der Waals surface area contributed by atoms with E-state index in [1.165, 1.54) is 17.0 Å². The number of hydrogen-bond donors (Lipinski definition) is 3. The standard InChI is InChI=1S/C17H22N2O5S/c1-17(2,3)24-16(23)19-9-12(25)8-13(19)14(20)18-11-6-4-5-10(7-11)15(21)22/h4-7,12-13,25H,8-9H2,1-3H3,(H,18,20)(H,21,22)/t12-,13-/m0/s1. The van der Waals surface area contributed by atoms with E-state index in [1.54, 1.807) is 32.9 Å². The summed E-state index contributed by atoms with van der Waals surface area (Å²) in [5.74, 6) is -1.48. The lowest BCUT2D eigenvalue weighted by molar-refractivity contribution is -0.120. The van der Waals surface area contributed by atoms with Gasteiger partial charge in [-0.15, -0.1) is 0 Å². The number of likely N-dealkylation sites (tertiary alicyclic amines) is 1. The number of anilines is 1. The number of carbonyl (C=O) groups excluding carboxylic acids is 2. The molecular formula is C17H22N2O5S. The van der Waals surface area contributed by atoms with Crippen LogP contribution < -0.4 is 5.32 Å². The zero-order valence-electron chi connectivity index (χ0n) is 14.4. The Morgan fingerprint density at radius 2 is 2.00 bits per heavy atom. The molecule has 1 aromatic rings. The van der Waals surface area contributed by atoms with E-state index in [4.69, 9.17) is 9.84 Å². The monoisotopic (exact) mass is 366 g/mol. The van der Waals surface area contributed by atoms with Gasteiger partial charge in [-0.3, -0.25) is 9.69 Å². The fourth-order valence-corrected chi connectivity index (χ4v) is 2.92. The second-order valence-electron chi connectivity index (χ2n) is 6.91. The molecule has 7 nitrogen and oxygen atoms in total. The van der Waals surface area contributed by atoms with Gasteiger partial charge in [-0.1, -0.05) is 6.07 Å². The van der Waals surface area contributed by atoms with E-state index in [2.05, 4.69) is 17.9 Å². The molecule has 0 unspecified atom stereocenters. The Bertz CT molecular complexity index is 686. The van der Waals surface area contributed by atoms with Crippen LogP contribution >= 0.6 is 12.6 Å². The van der Waals surface area contributed by atoms with E-state index >= 15 is 0 Å². The maximum Gasteiger partial charge on any atom is 0.411 e. The molecule has 2 amide bonds. The van der Waals surface area contributed by atoms with Crippen molar-refractivity contribution >= 4 is 36.3 Å². The molecule has 0 saturated carbocycles. The van der Waals surface area contributed by atoms with E-state index in [1.807, 2.05) is 0 Å². The van der Waals surface area contributed by atoms with Crippen LogP contribution in [0.5, 0.6) is 0 Å². The van der Waals surface area contributed by atoms with E-state index in [9.17, 15) is 14.4 Å². The zero-order chi connectivity index (χ0) is 18.8. The number of carbonyl (C=O) groups is 3. The number of rotatable bonds is 3. The summed E-state index contributed by atoms with van der Waals surface area (Å²) in [6.45, 7) is 5.58. The third-order valence-corrected chi connectivity index (χ3v) is 3.96. The number of carboxylic acid groups (broad SMARTS) is 1. The third kappa shape index (κ3) is 5.12. The predicted molar refractivity (Wildman–Crippen MR) is 96.2 cm³/mol. The average Bonchev–Trinajstić information content (AvgIpc) is 2.88. The van der Waals surface area contributed by atoms with Gasteiger partial charge >= 0.3 is 12.1 Å². The van der Waals surface area contributed by atoms with E-state index < -0.39 is 29.6 Å². The van der Waals surface area contributed by atoms with Crippen LogP contribution in [-0.2, 0) is 9.53 Å². The van der Waals surface area contributed by atoms with Crippen LogP contribution in [0.2, 0.25) is 0 Å². The van der Waals surface area contributed by atoms with Crippen molar-refractivity contribution in [1.29, 1.82) is 0 Å². The normalized spacial score (nSPS) is 20.2. The Kier molecular flexibility index (Phi) is 5.62. The summed E-state index contributed by atoms with van der Waals surface area (Å²) in [6.07, 6.45) is -0.171. The van der Waals surface area contributed by atoms with E-state index in [0.717, 1.165) is 0 Å². The maximum atomic E-state index is 12.6. The molecule has 0 aromatic heterocycles. The van der Waals surface area contributed by atoms with Crippen LogP contribution in [0.3, 0.4) is 0 Å². The number of thiol groups is 1. The molecule has 25 heavy (non-hydrogen) atoms. The highest BCUT2D eigenvalue weighted by Gasteiger charge is 2.40. The Morgan fingerprint density at radius 1 is 1.32 bits per heavy atom. The molecule has 0 spiro atoms. The van der Waals surface area contributed by atoms with Crippen molar-refractivity contribution in [1.82, 2.24) is 4.90 Å². The minimum atomic E-state index is -1.08. The summed E-state index contributed by atoms with van der Waals surface area (Å²) in [5.41, 5.74) is -0.236. The number of aromatic carboxylic acids is 1. The minimum Gasteiger partial charge on any atom is -0.478 e. The van der Waals surface area contributed by atoms with Crippen LogP contribution in [0.4, 0.5) is 10.5 Å². The molecule has 0 aliphatic carbocycles. The van der Waals surface area contributed by atoms with Gasteiger partial charge in [0.2, 0.25) is 5.91 Å². The highest BCUT2D eigenvalue weighted by atomic mass is 32.1. The maximum absolute atomic E-state index is 12.6. The van der Waals surface area contributed by atoms with Gasteiger partial charge in [-0.05, 0) is 45.4 Å². The molecule has 1 saturated heterocycles. The molecule has 1 heterocycles. The molecular weight excluding hydrogens is 344 g/mol. The third-order valence-electron chi connectivity index (χ3n) is 3.59. The van der Waals surface area contributed by atoms with Crippen molar-refractivity contribution in [2.75, 3.05) is 11.9 Å². The molecule has 2 N–H and O–H groups in total. The van der Waals surface area contributed by atoms with Gasteiger partial charge in [0.25, 0.3) is 0 Å². The van der Waals surface area contributed by atoms with Crippen LogP contribution in [0, 0.1) is 0 Å². The first-order chi connectivity index (χ1) is 11.6. The largest absolute Gasteiger partial charge is 0.478 e. The minimum absolute atomic E-state index is 0.0697. The molecule has 1 aliphatic rings. The van der Waals surface area contributed by atoms with Gasteiger partial charge in [-0.2, -0.15) is 12.6 Å². The molecule has 2 rings (SSSR count). The smallest absolute Gasteiger partial charge is 0.411 e. The lowest BCUT2D eigenvalue weighted by Gasteiger charge is -2.28. The first-order valence-corrected chi connectivity index (χ1v) is 8.40. The summed E-state index contributed by atoms with van der Waals surface area (Å²) in [4.78, 5) is 37.3. The van der Waals surface area contributed by atoms with Crippen LogP contribution in [0.15, 0.2) is 24.3 Å². The molecule has 8 heteroatoms. The topological polar surface area (TPSA) is 95.9 Å². The quantitative estimate of drug-likeness (QED) is 0.715. The predicted octanol–water partition coefficient (Wildman–Crippen LogP) is 2.63. The SMILES string of the molecule is CC(C)(C)OC(=O)N1C[C@@H](S)C[C@H]1C(=O)Nc1cccc(C(=O)O)c1. The summed E-state index contributed by atoms with van der Waals surface area (Å²) < 4.78 is 5.35. The number of benzene rings is 1. The van der Waals surface area contributed by atoms with Crippen molar-refractivity contribution in [3.8, 4) is 0 Å². The lowest BCUT2D eigenvalue weighted by Crippen LogP contribution is -2.45. The van der Waals surface area contributed by atoms with Crippen molar-refractivity contribution in [2.45, 2.75) is 44.1 Å². The second kappa shape index (κ2) is 7.35. The number of nitrogens with one attached hydrogen (secondary N) is 1. The Labute approximate surface area is 151 Å². The van der Waals surface area contributed by atoms with Gasteiger partial charge < -0.3 is 15.2 Å². The summed E-state index contributed by atoms with van der Waals surface area (Å²) in [5, 5.41) is 11.6. The number of amides is 2. The molecule has 1 aliphatic heterocycles. The van der Waals surface area contributed by atoms with Crippen molar-refractivity contribution in [3.05, 3.63) is 29.8 Å². The van der Waals surface area contributed by atoms with E-state index in [0.29, 0.717) is 18.7 Å². The first kappa shape index (κ1) is 19.1. The van der Waals surface area contributed by atoms with Crippen LogP contribution in [0.1, 0.15) is 37.6 Å². The van der Waals surface area contributed by atoms with Crippen LogP contribution in [-0.4, -0.2) is 51.4 Å². The second-order valence-corrected chi connectivity index (χ2v) is 7.64. The van der Waals surface area contributed by atoms with Crippen LogP contribution in [0.25, 0.3) is 0 Å². The van der Waals surface area contributed by atoms with Gasteiger partial charge in [0.1, 0.15) is 11.6 Å². The highest BCUT2D eigenvalue weighted by Crippen LogP contribution is 2.25. The van der Waals surface area contributed by atoms with Gasteiger partial charge in [0.05, 0.1) is 5.56 Å². The van der Waals surface area contributed by atoms with Crippen molar-refractivity contribution in [2.24, 2.45) is 0 Å². The Morgan fingerprint density at radius 3 is 2.60 bits per heavy atom. The summed E-state index contributed by atoms with van der Waals surface area (Å²) in [6, 6.07) is 5.22. The number of carboxylic acids is 1. The summed E-state index contributed by atoms with van der Waals surface area (Å²) in [7, 11) is 0. The number of nitrogens with zero attached hydrogens (tertiary/aromatic N) is 1. The zero-order valence-corrected chi connectivity index (χ0v) is 15.2. The molecule has 2 atom stereocenters. The van der Waals surface area contributed by atoms with Gasteiger partial charge in [0, 0.05) is 17.5 Å². The van der Waals surface area contributed by atoms with Crippen molar-refractivity contribution in [3.63, 3.8) is 0 Å². The lowest BCUT2D eigenvalue weighted by atomic mass is 10.1. The molecule has 1 fully saturated rings. The van der Waals surface area contributed by atoms with Crippen molar-refractivity contribution < 1.29 is 24.2 Å². The average molecular weight is 366 g/mol. The molecule has 0 bridgehead atoms. The number of hydrogen-bond acceptors (Lipinski definition) is 5. The Balaban J connectivity index is 2.12. The first-order valence-electron chi connectivity index (χ1n) is 7.89. The Hall–Kier alpha value is -2.22. The van der Waals surface area contributed by atoms with E-state index in [-0.39, 0.29) is 10.8 Å².